The third kappa shape index (κ3) is 2.02. The first-order chi connectivity index (χ1) is 8.75. The van der Waals surface area contributed by atoms with Gasteiger partial charge in [0.05, 0.1) is 0 Å². The van der Waals surface area contributed by atoms with Gasteiger partial charge < -0.3 is 0 Å². The van der Waals surface area contributed by atoms with Crippen molar-refractivity contribution in [1.29, 1.82) is 0 Å². The predicted molar refractivity (Wildman–Crippen MR) is 82.5 cm³/mol. The Morgan fingerprint density at radius 1 is 0.833 bits per heavy atom. The average molecular weight is 270 g/mol. The Balaban J connectivity index is 2.10. The zero-order valence-electron chi connectivity index (χ0n) is 10.4. The van der Waals surface area contributed by atoms with Crippen LogP contribution in [-0.2, 0) is 0 Å². The van der Waals surface area contributed by atoms with Crippen LogP contribution in [0.1, 0.15) is 11.1 Å². The average Bonchev–Trinajstić information content (AvgIpc) is 2.96. The van der Waals surface area contributed by atoms with E-state index < -0.39 is 0 Å². The number of rotatable bonds is 2. The molecule has 2 heterocycles. The maximum atomic E-state index is 2.31. The van der Waals surface area contributed by atoms with Crippen LogP contribution >= 0.6 is 22.7 Å². The van der Waals surface area contributed by atoms with Gasteiger partial charge in [0.15, 0.2) is 0 Å². The van der Waals surface area contributed by atoms with E-state index in [1.807, 2.05) is 22.7 Å². The molecule has 0 fully saturated rings. The van der Waals surface area contributed by atoms with Crippen molar-refractivity contribution in [2.24, 2.45) is 0 Å². The van der Waals surface area contributed by atoms with Gasteiger partial charge in [0.2, 0.25) is 0 Å². The Morgan fingerprint density at radius 3 is 2.28 bits per heavy atom. The van der Waals surface area contributed by atoms with E-state index in [2.05, 4.69) is 61.7 Å². The van der Waals surface area contributed by atoms with Crippen molar-refractivity contribution in [2.45, 2.75) is 13.8 Å². The summed E-state index contributed by atoms with van der Waals surface area (Å²) in [5.41, 5.74) is 4.07. The fourth-order valence-electron chi connectivity index (χ4n) is 2.10. The van der Waals surface area contributed by atoms with Crippen LogP contribution in [0.3, 0.4) is 0 Å². The van der Waals surface area contributed by atoms with Gasteiger partial charge in [-0.15, -0.1) is 22.7 Å². The van der Waals surface area contributed by atoms with Gasteiger partial charge in [-0.25, -0.2) is 0 Å². The van der Waals surface area contributed by atoms with Gasteiger partial charge >= 0.3 is 0 Å². The maximum absolute atomic E-state index is 2.31. The topological polar surface area (TPSA) is 0 Å². The Labute approximate surface area is 116 Å². The number of aryl methyl sites for hydroxylation is 2. The molecule has 0 N–H and O–H groups in total. The number of hydrogen-bond donors (Lipinski definition) is 0. The van der Waals surface area contributed by atoms with Crippen molar-refractivity contribution < 1.29 is 0 Å². The summed E-state index contributed by atoms with van der Waals surface area (Å²) in [5, 5.41) is 2.17. The lowest BCUT2D eigenvalue weighted by atomic mass is 10.1. The van der Waals surface area contributed by atoms with Crippen molar-refractivity contribution in [3.63, 3.8) is 0 Å². The van der Waals surface area contributed by atoms with Crippen LogP contribution in [0.2, 0.25) is 0 Å². The molecular weight excluding hydrogens is 256 g/mol. The molecule has 0 atom stereocenters. The number of benzene rings is 1. The minimum absolute atomic E-state index is 1.32. The maximum Gasteiger partial charge on any atom is 0.0472 e. The molecule has 0 nitrogen and oxygen atoms in total. The van der Waals surface area contributed by atoms with Gasteiger partial charge in [0.1, 0.15) is 0 Å². The molecule has 0 saturated heterocycles. The lowest BCUT2D eigenvalue weighted by molar-refractivity contribution is 1.52. The summed E-state index contributed by atoms with van der Waals surface area (Å²) < 4.78 is 0. The summed E-state index contributed by atoms with van der Waals surface area (Å²) in [6.07, 6.45) is 0. The minimum atomic E-state index is 1.32. The van der Waals surface area contributed by atoms with Gasteiger partial charge in [-0.2, -0.15) is 0 Å². The molecule has 0 radical (unpaired) electrons. The second-order valence-corrected chi connectivity index (χ2v) is 6.39. The van der Waals surface area contributed by atoms with Crippen molar-refractivity contribution in [2.75, 3.05) is 0 Å². The van der Waals surface area contributed by atoms with E-state index in [1.165, 1.54) is 31.3 Å². The summed E-state index contributed by atoms with van der Waals surface area (Å²) in [6.45, 7) is 4.38. The molecule has 0 aliphatic heterocycles. The first-order valence-electron chi connectivity index (χ1n) is 5.96. The first kappa shape index (κ1) is 11.7. The van der Waals surface area contributed by atoms with E-state index in [0.717, 1.165) is 0 Å². The molecule has 2 aromatic heterocycles. The standard InChI is InChI=1S/C16H14S2/c1-11-8-9-17-16(11)14-10-12(2)15(18-14)13-6-4-3-5-7-13/h3-10H,1-2H3. The second kappa shape index (κ2) is 4.71. The summed E-state index contributed by atoms with van der Waals surface area (Å²) in [4.78, 5) is 4.18. The zero-order chi connectivity index (χ0) is 12.5. The third-order valence-corrected chi connectivity index (χ3v) is 5.52. The molecule has 0 unspecified atom stereocenters. The fraction of sp³-hybridized carbons (Fsp3) is 0.125. The van der Waals surface area contributed by atoms with Gasteiger partial charge in [0, 0.05) is 14.6 Å². The lowest BCUT2D eigenvalue weighted by Crippen LogP contribution is -1.72. The molecule has 90 valence electrons. The van der Waals surface area contributed by atoms with E-state index in [-0.39, 0.29) is 0 Å². The molecule has 0 aliphatic carbocycles. The van der Waals surface area contributed by atoms with Crippen LogP contribution in [0.4, 0.5) is 0 Å². The molecule has 3 rings (SSSR count). The smallest absolute Gasteiger partial charge is 0.0472 e. The summed E-state index contributed by atoms with van der Waals surface area (Å²) in [5.74, 6) is 0. The summed E-state index contributed by atoms with van der Waals surface area (Å²) >= 11 is 3.73. The molecule has 0 bridgehead atoms. The lowest BCUT2D eigenvalue weighted by Gasteiger charge is -1.98. The largest absolute Gasteiger partial charge is 0.143 e. The molecule has 1 aromatic carbocycles. The predicted octanol–water partition coefficient (Wildman–Crippen LogP) is 5.76. The number of thiophene rings is 2. The highest BCUT2D eigenvalue weighted by atomic mass is 32.1. The monoisotopic (exact) mass is 270 g/mol. The molecule has 0 spiro atoms. The van der Waals surface area contributed by atoms with E-state index in [9.17, 15) is 0 Å². The van der Waals surface area contributed by atoms with Gasteiger partial charge in [-0.3, -0.25) is 0 Å². The second-order valence-electron chi connectivity index (χ2n) is 4.42. The van der Waals surface area contributed by atoms with E-state index in [0.29, 0.717) is 0 Å². The molecule has 18 heavy (non-hydrogen) atoms. The fourth-order valence-corrected chi connectivity index (χ4v) is 4.39. The Bertz CT molecular complexity index is 659. The van der Waals surface area contributed by atoms with Gasteiger partial charge in [-0.05, 0) is 48.1 Å². The minimum Gasteiger partial charge on any atom is -0.143 e. The molecule has 0 aliphatic rings. The van der Waals surface area contributed by atoms with Crippen molar-refractivity contribution in [1.82, 2.24) is 0 Å². The normalized spacial score (nSPS) is 10.8. The van der Waals surface area contributed by atoms with Crippen molar-refractivity contribution in [3.8, 4) is 20.2 Å². The van der Waals surface area contributed by atoms with Crippen molar-refractivity contribution in [3.05, 3.63) is 59.0 Å². The SMILES string of the molecule is Cc1cc(-c2sccc2C)sc1-c1ccccc1. The van der Waals surface area contributed by atoms with E-state index in [1.54, 1.807) is 0 Å². The molecular formula is C16H14S2. The number of hydrogen-bond acceptors (Lipinski definition) is 2. The van der Waals surface area contributed by atoms with Crippen LogP contribution in [0, 0.1) is 13.8 Å². The molecule has 3 aromatic rings. The Morgan fingerprint density at radius 2 is 1.61 bits per heavy atom. The van der Waals surface area contributed by atoms with Crippen LogP contribution in [0.25, 0.3) is 20.2 Å². The zero-order valence-corrected chi connectivity index (χ0v) is 12.1. The molecule has 0 saturated carbocycles. The van der Waals surface area contributed by atoms with Gasteiger partial charge in [0.25, 0.3) is 0 Å². The summed E-state index contributed by atoms with van der Waals surface area (Å²) in [6, 6.07) is 15.1. The van der Waals surface area contributed by atoms with Crippen LogP contribution < -0.4 is 0 Å². The quantitative estimate of drug-likeness (QED) is 0.555. The highest BCUT2D eigenvalue weighted by Crippen LogP contribution is 2.40. The summed E-state index contributed by atoms with van der Waals surface area (Å²) in [7, 11) is 0. The van der Waals surface area contributed by atoms with Crippen LogP contribution in [0.15, 0.2) is 47.8 Å². The van der Waals surface area contributed by atoms with Crippen LogP contribution in [-0.4, -0.2) is 0 Å². The van der Waals surface area contributed by atoms with E-state index >= 15 is 0 Å². The molecule has 0 amide bonds. The Kier molecular flexibility index (Phi) is 3.06. The highest BCUT2D eigenvalue weighted by Gasteiger charge is 2.11. The van der Waals surface area contributed by atoms with Gasteiger partial charge in [-0.1, -0.05) is 30.3 Å². The van der Waals surface area contributed by atoms with Crippen LogP contribution in [0.5, 0.6) is 0 Å². The first-order valence-corrected chi connectivity index (χ1v) is 7.65. The Hall–Kier alpha value is -1.38. The van der Waals surface area contributed by atoms with Crippen molar-refractivity contribution >= 4 is 22.7 Å². The van der Waals surface area contributed by atoms with E-state index in [4.69, 9.17) is 0 Å². The molecule has 2 heteroatoms. The third-order valence-electron chi connectivity index (χ3n) is 3.04. The highest BCUT2D eigenvalue weighted by molar-refractivity contribution is 7.23.